The minimum atomic E-state index is -0.482. The number of nitrogens with one attached hydrogen (secondary N) is 2. The molecule has 0 spiro atoms. The summed E-state index contributed by atoms with van der Waals surface area (Å²) >= 11 is 6.11. The van der Waals surface area contributed by atoms with Crippen molar-refractivity contribution in [3.8, 4) is 0 Å². The highest BCUT2D eigenvalue weighted by Crippen LogP contribution is 2.25. The number of hydrogen-bond donors (Lipinski definition) is 2. The Morgan fingerprint density at radius 3 is 2.50 bits per heavy atom. The number of aromatic amines is 1. The molecule has 0 saturated carbocycles. The summed E-state index contributed by atoms with van der Waals surface area (Å²) in [6.07, 6.45) is 0. The van der Waals surface area contributed by atoms with Crippen LogP contribution in [0.15, 0.2) is 18.2 Å². The second kappa shape index (κ2) is 7.09. The number of aromatic nitrogens is 1. The fourth-order valence-corrected chi connectivity index (χ4v) is 2.86. The number of methoxy groups -OCH3 is 1. The Balaban J connectivity index is 2.29. The van der Waals surface area contributed by atoms with Gasteiger partial charge < -0.3 is 15.0 Å². The molecule has 5 nitrogen and oxygen atoms in total. The summed E-state index contributed by atoms with van der Waals surface area (Å²) < 4.78 is 4.78. The molecule has 0 aliphatic carbocycles. The monoisotopic (exact) mass is 348 g/mol. The molecule has 0 aliphatic rings. The number of halogens is 1. The Morgan fingerprint density at radius 2 is 1.88 bits per heavy atom. The number of carbonyl (C=O) groups excluding carboxylic acids is 2. The molecule has 0 radical (unpaired) electrons. The molecule has 2 rings (SSSR count). The number of rotatable bonds is 5. The van der Waals surface area contributed by atoms with Crippen molar-refractivity contribution in [2.45, 2.75) is 33.7 Å². The predicted octanol–water partition coefficient (Wildman–Crippen LogP) is 4.06. The molecule has 0 bridgehead atoms. The molecule has 0 fully saturated rings. The largest absolute Gasteiger partial charge is 0.465 e. The molecule has 2 aromatic rings. The van der Waals surface area contributed by atoms with Crippen LogP contribution >= 0.6 is 11.6 Å². The topological polar surface area (TPSA) is 71.2 Å². The Labute approximate surface area is 146 Å². The van der Waals surface area contributed by atoms with Crippen molar-refractivity contribution in [2.24, 2.45) is 0 Å². The third-order valence-corrected chi connectivity index (χ3v) is 4.52. The molecular formula is C18H21ClN2O3. The van der Waals surface area contributed by atoms with Crippen LogP contribution in [0, 0.1) is 20.8 Å². The number of hydrogen-bond acceptors (Lipinski definition) is 4. The first-order valence-corrected chi connectivity index (χ1v) is 7.99. The van der Waals surface area contributed by atoms with Crippen LogP contribution in [0.3, 0.4) is 0 Å². The standard InChI is InChI=1S/C18H21ClN2O3/c1-9-13(19)7-6-8-14(9)20-12(4)17(22)16-10(2)15(11(3)21-16)18(23)24-5/h6-8,12,20-21H,1-5H3. The van der Waals surface area contributed by atoms with Gasteiger partial charge in [0, 0.05) is 16.4 Å². The van der Waals surface area contributed by atoms with E-state index in [1.165, 1.54) is 7.11 Å². The average molecular weight is 349 g/mol. The summed E-state index contributed by atoms with van der Waals surface area (Å²) in [6.45, 7) is 7.15. The number of esters is 1. The lowest BCUT2D eigenvalue weighted by Gasteiger charge is -2.16. The normalized spacial score (nSPS) is 11.9. The molecule has 0 saturated heterocycles. The smallest absolute Gasteiger partial charge is 0.339 e. The summed E-state index contributed by atoms with van der Waals surface area (Å²) in [5.41, 5.74) is 3.72. The molecule has 0 amide bonds. The molecule has 1 heterocycles. The summed E-state index contributed by atoms with van der Waals surface area (Å²) in [6, 6.07) is 5.02. The van der Waals surface area contributed by atoms with Gasteiger partial charge in [0.15, 0.2) is 0 Å². The van der Waals surface area contributed by atoms with Crippen molar-refractivity contribution in [1.82, 2.24) is 4.98 Å². The summed E-state index contributed by atoms with van der Waals surface area (Å²) in [7, 11) is 1.32. The number of aryl methyl sites for hydroxylation is 1. The lowest BCUT2D eigenvalue weighted by Crippen LogP contribution is -2.27. The van der Waals surface area contributed by atoms with Gasteiger partial charge in [-0.3, -0.25) is 4.79 Å². The van der Waals surface area contributed by atoms with E-state index in [4.69, 9.17) is 16.3 Å². The maximum Gasteiger partial charge on any atom is 0.339 e. The highest BCUT2D eigenvalue weighted by molar-refractivity contribution is 6.31. The van der Waals surface area contributed by atoms with Gasteiger partial charge in [-0.25, -0.2) is 4.79 Å². The lowest BCUT2D eigenvalue weighted by atomic mass is 10.0. The molecule has 2 N–H and O–H groups in total. The van der Waals surface area contributed by atoms with Crippen molar-refractivity contribution in [2.75, 3.05) is 12.4 Å². The van der Waals surface area contributed by atoms with E-state index in [9.17, 15) is 9.59 Å². The molecule has 0 aliphatic heterocycles. The molecule has 1 unspecified atom stereocenters. The zero-order chi connectivity index (χ0) is 18.0. The van der Waals surface area contributed by atoms with E-state index >= 15 is 0 Å². The van der Waals surface area contributed by atoms with Gasteiger partial charge in [-0.1, -0.05) is 17.7 Å². The molecular weight excluding hydrogens is 328 g/mol. The minimum Gasteiger partial charge on any atom is -0.465 e. The predicted molar refractivity (Wildman–Crippen MR) is 95.2 cm³/mol. The molecule has 128 valence electrons. The summed E-state index contributed by atoms with van der Waals surface area (Å²) in [5.74, 6) is -0.586. The summed E-state index contributed by atoms with van der Waals surface area (Å²) in [4.78, 5) is 27.6. The Bertz CT molecular complexity index is 796. The van der Waals surface area contributed by atoms with Gasteiger partial charge in [0.1, 0.15) is 0 Å². The maximum atomic E-state index is 12.8. The van der Waals surface area contributed by atoms with Crippen molar-refractivity contribution in [3.05, 3.63) is 51.3 Å². The van der Waals surface area contributed by atoms with E-state index in [1.54, 1.807) is 26.8 Å². The van der Waals surface area contributed by atoms with Gasteiger partial charge in [-0.15, -0.1) is 0 Å². The maximum absolute atomic E-state index is 12.8. The number of carbonyl (C=O) groups is 2. The highest BCUT2D eigenvalue weighted by atomic mass is 35.5. The van der Waals surface area contributed by atoms with Gasteiger partial charge in [-0.2, -0.15) is 0 Å². The first-order chi connectivity index (χ1) is 11.3. The van der Waals surface area contributed by atoms with Crippen LogP contribution in [0.1, 0.15) is 44.6 Å². The van der Waals surface area contributed by atoms with Crippen LogP contribution in [0.25, 0.3) is 0 Å². The van der Waals surface area contributed by atoms with Crippen molar-refractivity contribution in [3.63, 3.8) is 0 Å². The van der Waals surface area contributed by atoms with Gasteiger partial charge in [0.2, 0.25) is 5.78 Å². The number of benzene rings is 1. The fraction of sp³-hybridized carbons (Fsp3) is 0.333. The SMILES string of the molecule is COC(=O)c1c(C)[nH]c(C(=O)C(C)Nc2cccc(Cl)c2C)c1C. The van der Waals surface area contributed by atoms with E-state index in [0.29, 0.717) is 27.5 Å². The van der Waals surface area contributed by atoms with Gasteiger partial charge in [0.25, 0.3) is 0 Å². The van der Waals surface area contributed by atoms with E-state index in [0.717, 1.165) is 11.3 Å². The zero-order valence-electron chi connectivity index (χ0n) is 14.4. The lowest BCUT2D eigenvalue weighted by molar-refractivity contribution is 0.0599. The van der Waals surface area contributed by atoms with Crippen LogP contribution in [-0.4, -0.2) is 29.9 Å². The third kappa shape index (κ3) is 3.31. The average Bonchev–Trinajstić information content (AvgIpc) is 2.85. The Hall–Kier alpha value is -2.27. The summed E-state index contributed by atoms with van der Waals surface area (Å²) in [5, 5.41) is 3.82. The molecule has 1 atom stereocenters. The van der Waals surface area contributed by atoms with Crippen molar-refractivity contribution >= 4 is 29.0 Å². The highest BCUT2D eigenvalue weighted by Gasteiger charge is 2.25. The second-order valence-electron chi connectivity index (χ2n) is 5.76. The van der Waals surface area contributed by atoms with Crippen LogP contribution in [0.2, 0.25) is 5.02 Å². The van der Waals surface area contributed by atoms with Gasteiger partial charge >= 0.3 is 5.97 Å². The van der Waals surface area contributed by atoms with Crippen LogP contribution in [0.5, 0.6) is 0 Å². The second-order valence-corrected chi connectivity index (χ2v) is 6.17. The number of anilines is 1. The third-order valence-electron chi connectivity index (χ3n) is 4.11. The fourth-order valence-electron chi connectivity index (χ4n) is 2.68. The number of ether oxygens (including phenoxy) is 1. The quantitative estimate of drug-likeness (QED) is 0.631. The van der Waals surface area contributed by atoms with E-state index in [-0.39, 0.29) is 5.78 Å². The van der Waals surface area contributed by atoms with Crippen molar-refractivity contribution < 1.29 is 14.3 Å². The molecule has 1 aromatic carbocycles. The van der Waals surface area contributed by atoms with Crippen molar-refractivity contribution in [1.29, 1.82) is 0 Å². The number of Topliss-reactive ketones (excluding diaryl/α,β-unsaturated/α-hetero) is 1. The van der Waals surface area contributed by atoms with Gasteiger partial charge in [-0.05, 0) is 51.0 Å². The van der Waals surface area contributed by atoms with Crippen LogP contribution < -0.4 is 5.32 Å². The zero-order valence-corrected chi connectivity index (χ0v) is 15.2. The molecule has 6 heteroatoms. The van der Waals surface area contributed by atoms with E-state index in [1.807, 2.05) is 19.1 Å². The van der Waals surface area contributed by atoms with E-state index in [2.05, 4.69) is 10.3 Å². The molecule has 24 heavy (non-hydrogen) atoms. The molecule has 1 aromatic heterocycles. The first-order valence-electron chi connectivity index (χ1n) is 7.61. The van der Waals surface area contributed by atoms with Crippen LogP contribution in [-0.2, 0) is 4.74 Å². The van der Waals surface area contributed by atoms with E-state index < -0.39 is 12.0 Å². The Morgan fingerprint density at radius 1 is 1.21 bits per heavy atom. The number of ketones is 1. The minimum absolute atomic E-state index is 0.134. The first kappa shape index (κ1) is 18.1. The Kier molecular flexibility index (Phi) is 5.34. The number of H-pyrrole nitrogens is 1. The van der Waals surface area contributed by atoms with Gasteiger partial charge in [0.05, 0.1) is 24.4 Å². The van der Waals surface area contributed by atoms with Crippen LogP contribution in [0.4, 0.5) is 5.69 Å².